The Kier molecular flexibility index (Phi) is 6.02. The molecule has 1 aromatic heterocycles. The van der Waals surface area contributed by atoms with Crippen LogP contribution in [-0.4, -0.2) is 49.7 Å². The summed E-state index contributed by atoms with van der Waals surface area (Å²) in [6, 6.07) is 0.496. The van der Waals surface area contributed by atoms with Gasteiger partial charge in [0.1, 0.15) is 0 Å². The van der Waals surface area contributed by atoms with E-state index in [0.717, 1.165) is 32.1 Å². The lowest BCUT2D eigenvalue weighted by molar-refractivity contribution is 0.373. The van der Waals surface area contributed by atoms with Gasteiger partial charge in [-0.15, -0.1) is 11.3 Å². The van der Waals surface area contributed by atoms with Crippen LogP contribution in [-0.2, 0) is 6.54 Å². The van der Waals surface area contributed by atoms with Crippen LogP contribution < -0.4 is 10.2 Å². The number of rotatable bonds is 9. The van der Waals surface area contributed by atoms with Crippen LogP contribution in [0.5, 0.6) is 0 Å². The zero-order chi connectivity index (χ0) is 15.4. The van der Waals surface area contributed by atoms with Gasteiger partial charge in [0.25, 0.3) is 0 Å². The van der Waals surface area contributed by atoms with Crippen LogP contribution in [0, 0.1) is 0 Å². The van der Waals surface area contributed by atoms with Gasteiger partial charge in [0.2, 0.25) is 0 Å². The van der Waals surface area contributed by atoms with Crippen molar-refractivity contribution in [3.05, 3.63) is 10.6 Å². The number of likely N-dealkylation sites (N-methyl/N-ethyl adjacent to an activating group) is 2. The maximum Gasteiger partial charge on any atom is 0.186 e. The minimum atomic E-state index is 0.496. The van der Waals surface area contributed by atoms with Gasteiger partial charge in [-0.1, -0.05) is 6.92 Å². The van der Waals surface area contributed by atoms with Crippen molar-refractivity contribution in [3.63, 3.8) is 0 Å². The molecule has 1 aromatic rings. The van der Waals surface area contributed by atoms with Crippen LogP contribution in [0.25, 0.3) is 0 Å². The van der Waals surface area contributed by atoms with E-state index in [2.05, 4.69) is 50.0 Å². The quantitative estimate of drug-likeness (QED) is 0.760. The molecule has 2 rings (SSSR count). The monoisotopic (exact) mass is 310 g/mol. The smallest absolute Gasteiger partial charge is 0.186 e. The summed E-state index contributed by atoms with van der Waals surface area (Å²) in [5.74, 6) is 0.728. The van der Waals surface area contributed by atoms with Gasteiger partial charge in [-0.25, -0.2) is 4.98 Å². The summed E-state index contributed by atoms with van der Waals surface area (Å²) in [6.45, 7) is 10.8. The largest absolute Gasteiger partial charge is 0.344 e. The molecule has 1 heterocycles. The minimum Gasteiger partial charge on any atom is -0.344 e. The first kappa shape index (κ1) is 16.7. The van der Waals surface area contributed by atoms with Crippen molar-refractivity contribution in [2.24, 2.45) is 0 Å². The van der Waals surface area contributed by atoms with Crippen molar-refractivity contribution in [1.29, 1.82) is 0 Å². The molecule has 0 aromatic carbocycles. The second kappa shape index (κ2) is 7.56. The first-order valence-electron chi connectivity index (χ1n) is 8.18. The average Bonchev–Trinajstić information content (AvgIpc) is 3.18. The van der Waals surface area contributed by atoms with Gasteiger partial charge in [-0.2, -0.15) is 0 Å². The van der Waals surface area contributed by atoms with Crippen LogP contribution in [0.1, 0.15) is 50.1 Å². The molecule has 120 valence electrons. The van der Waals surface area contributed by atoms with E-state index in [4.69, 9.17) is 4.98 Å². The van der Waals surface area contributed by atoms with E-state index in [1.165, 1.54) is 28.5 Å². The van der Waals surface area contributed by atoms with Crippen molar-refractivity contribution in [2.75, 3.05) is 38.6 Å². The van der Waals surface area contributed by atoms with E-state index < -0.39 is 0 Å². The van der Waals surface area contributed by atoms with E-state index in [-0.39, 0.29) is 0 Å². The molecule has 4 nitrogen and oxygen atoms in total. The van der Waals surface area contributed by atoms with Crippen LogP contribution in [0.2, 0.25) is 0 Å². The Labute approximate surface area is 133 Å². The number of hydrogen-bond donors (Lipinski definition) is 1. The molecule has 1 saturated carbocycles. The fourth-order valence-electron chi connectivity index (χ4n) is 2.78. The number of nitrogens with zero attached hydrogens (tertiary/aromatic N) is 3. The molecule has 0 amide bonds. The van der Waals surface area contributed by atoms with E-state index in [9.17, 15) is 0 Å². The van der Waals surface area contributed by atoms with E-state index in [0.29, 0.717) is 6.04 Å². The van der Waals surface area contributed by atoms with Crippen molar-refractivity contribution in [2.45, 2.75) is 52.1 Å². The van der Waals surface area contributed by atoms with E-state index in [1.807, 2.05) is 11.3 Å². The van der Waals surface area contributed by atoms with Crippen molar-refractivity contribution >= 4 is 16.5 Å². The third-order valence-corrected chi connectivity index (χ3v) is 5.07. The standard InChI is InChI=1S/C16H30N4S/c1-6-17-10-14-15(13-8-9-13)18-16(21-14)20(7-2)12(3)11-19(4)5/h12-13,17H,6-11H2,1-5H3. The van der Waals surface area contributed by atoms with E-state index >= 15 is 0 Å². The summed E-state index contributed by atoms with van der Waals surface area (Å²) in [5, 5.41) is 4.67. The Morgan fingerprint density at radius 1 is 1.33 bits per heavy atom. The first-order valence-corrected chi connectivity index (χ1v) is 9.00. The number of aromatic nitrogens is 1. The summed E-state index contributed by atoms with van der Waals surface area (Å²) in [4.78, 5) is 11.2. The Hall–Kier alpha value is -0.650. The van der Waals surface area contributed by atoms with Crippen LogP contribution in [0.3, 0.4) is 0 Å². The molecular weight excluding hydrogens is 280 g/mol. The van der Waals surface area contributed by atoms with Gasteiger partial charge in [0, 0.05) is 36.5 Å². The zero-order valence-electron chi connectivity index (χ0n) is 14.1. The molecule has 1 atom stereocenters. The van der Waals surface area contributed by atoms with Crippen LogP contribution in [0.15, 0.2) is 0 Å². The molecule has 0 spiro atoms. The Balaban J connectivity index is 2.16. The maximum atomic E-state index is 5.01. The third kappa shape index (κ3) is 4.41. The lowest BCUT2D eigenvalue weighted by Crippen LogP contribution is -2.40. The average molecular weight is 311 g/mol. The summed E-state index contributed by atoms with van der Waals surface area (Å²) in [6.07, 6.45) is 2.64. The van der Waals surface area contributed by atoms with Gasteiger partial charge in [-0.3, -0.25) is 0 Å². The fraction of sp³-hybridized carbons (Fsp3) is 0.812. The van der Waals surface area contributed by atoms with Crippen molar-refractivity contribution < 1.29 is 0 Å². The molecule has 1 aliphatic carbocycles. The predicted octanol–water partition coefficient (Wildman–Crippen LogP) is 2.91. The summed E-state index contributed by atoms with van der Waals surface area (Å²) in [5.41, 5.74) is 1.37. The SMILES string of the molecule is CCNCc1sc(N(CC)C(C)CN(C)C)nc1C1CC1. The second-order valence-electron chi connectivity index (χ2n) is 6.26. The minimum absolute atomic E-state index is 0.496. The molecule has 5 heteroatoms. The molecule has 0 bridgehead atoms. The fourth-order valence-corrected chi connectivity index (χ4v) is 4.06. The molecular formula is C16H30N4S. The summed E-state index contributed by atoms with van der Waals surface area (Å²) < 4.78 is 0. The molecule has 21 heavy (non-hydrogen) atoms. The lowest BCUT2D eigenvalue weighted by atomic mass is 10.2. The molecule has 1 N–H and O–H groups in total. The first-order chi connectivity index (χ1) is 10.1. The van der Waals surface area contributed by atoms with Gasteiger partial charge in [0.15, 0.2) is 5.13 Å². The normalized spacial score (nSPS) is 16.5. The molecule has 0 saturated heterocycles. The number of nitrogens with one attached hydrogen (secondary N) is 1. The second-order valence-corrected chi connectivity index (χ2v) is 7.32. The van der Waals surface area contributed by atoms with Gasteiger partial charge in [0.05, 0.1) is 5.69 Å². The van der Waals surface area contributed by atoms with Crippen molar-refractivity contribution in [1.82, 2.24) is 15.2 Å². The highest BCUT2D eigenvalue weighted by Gasteiger charge is 2.30. The van der Waals surface area contributed by atoms with Gasteiger partial charge < -0.3 is 15.1 Å². The molecule has 0 radical (unpaired) electrons. The maximum absolute atomic E-state index is 5.01. The topological polar surface area (TPSA) is 31.4 Å². The summed E-state index contributed by atoms with van der Waals surface area (Å²) >= 11 is 1.89. The summed E-state index contributed by atoms with van der Waals surface area (Å²) in [7, 11) is 4.27. The Bertz CT molecular complexity index is 439. The molecule has 1 fully saturated rings. The van der Waals surface area contributed by atoms with Gasteiger partial charge >= 0.3 is 0 Å². The van der Waals surface area contributed by atoms with Crippen LogP contribution in [0.4, 0.5) is 5.13 Å². The van der Waals surface area contributed by atoms with Crippen molar-refractivity contribution in [3.8, 4) is 0 Å². The number of thiazole rings is 1. The molecule has 1 unspecified atom stereocenters. The van der Waals surface area contributed by atoms with Crippen LogP contribution >= 0.6 is 11.3 Å². The Morgan fingerprint density at radius 2 is 2.05 bits per heavy atom. The van der Waals surface area contributed by atoms with E-state index in [1.54, 1.807) is 0 Å². The Morgan fingerprint density at radius 3 is 2.57 bits per heavy atom. The highest BCUT2D eigenvalue weighted by molar-refractivity contribution is 7.15. The lowest BCUT2D eigenvalue weighted by Gasteiger charge is -2.29. The number of hydrogen-bond acceptors (Lipinski definition) is 5. The highest BCUT2D eigenvalue weighted by Crippen LogP contribution is 2.44. The molecule has 1 aliphatic rings. The third-order valence-electron chi connectivity index (χ3n) is 3.96. The molecule has 0 aliphatic heterocycles. The van der Waals surface area contributed by atoms with Gasteiger partial charge in [-0.05, 0) is 47.3 Å². The highest BCUT2D eigenvalue weighted by atomic mass is 32.1. The zero-order valence-corrected chi connectivity index (χ0v) is 15.0. The number of anilines is 1. The predicted molar refractivity (Wildman–Crippen MR) is 92.5 cm³/mol.